The van der Waals surface area contributed by atoms with E-state index in [-0.39, 0.29) is 0 Å². The summed E-state index contributed by atoms with van der Waals surface area (Å²) < 4.78 is 0. The van der Waals surface area contributed by atoms with Crippen molar-refractivity contribution in [3.63, 3.8) is 0 Å². The Morgan fingerprint density at radius 3 is 2.86 bits per heavy atom. The maximum Gasteiger partial charge on any atom is 0.0336 e. The number of nitrogens with zero attached hydrogens (tertiary/aromatic N) is 2. The summed E-state index contributed by atoms with van der Waals surface area (Å²) in [4.78, 5) is 6.80. The minimum absolute atomic E-state index is 0.430. The van der Waals surface area contributed by atoms with Crippen molar-refractivity contribution in [2.75, 3.05) is 19.6 Å². The number of hydrogen-bond acceptors (Lipinski definition) is 3. The third kappa shape index (κ3) is 3.69. The quantitative estimate of drug-likeness (QED) is 0.934. The number of pyridine rings is 1. The molecule has 0 bridgehead atoms. The molecular formula is C18H23N3. The fourth-order valence-electron chi connectivity index (χ4n) is 3.07. The molecule has 3 rings (SSSR count). The summed E-state index contributed by atoms with van der Waals surface area (Å²) in [6, 6.07) is 15.9. The summed E-state index contributed by atoms with van der Waals surface area (Å²) >= 11 is 0. The molecule has 3 nitrogen and oxygen atoms in total. The van der Waals surface area contributed by atoms with Gasteiger partial charge >= 0.3 is 0 Å². The van der Waals surface area contributed by atoms with E-state index in [1.807, 2.05) is 18.5 Å². The molecule has 21 heavy (non-hydrogen) atoms. The lowest BCUT2D eigenvalue weighted by Gasteiger charge is -2.37. The Kier molecular flexibility index (Phi) is 4.63. The van der Waals surface area contributed by atoms with Crippen molar-refractivity contribution in [1.29, 1.82) is 0 Å². The van der Waals surface area contributed by atoms with E-state index >= 15 is 0 Å². The van der Waals surface area contributed by atoms with Crippen molar-refractivity contribution in [1.82, 2.24) is 15.2 Å². The Labute approximate surface area is 127 Å². The zero-order chi connectivity index (χ0) is 14.5. The van der Waals surface area contributed by atoms with Crippen LogP contribution in [0.5, 0.6) is 0 Å². The van der Waals surface area contributed by atoms with Gasteiger partial charge in [0.15, 0.2) is 0 Å². The number of aromatic nitrogens is 1. The van der Waals surface area contributed by atoms with E-state index in [0.717, 1.165) is 26.1 Å². The fraction of sp³-hybridized carbons (Fsp3) is 0.389. The Balaban J connectivity index is 1.63. The number of hydrogen-bond donors (Lipinski definition) is 1. The number of piperazine rings is 1. The predicted molar refractivity (Wildman–Crippen MR) is 86.2 cm³/mol. The number of nitrogens with one attached hydrogen (secondary N) is 1. The van der Waals surface area contributed by atoms with Gasteiger partial charge in [0.25, 0.3) is 0 Å². The van der Waals surface area contributed by atoms with Crippen LogP contribution >= 0.6 is 0 Å². The Morgan fingerprint density at radius 1 is 1.24 bits per heavy atom. The normalized spacial score (nSPS) is 21.1. The molecule has 0 spiro atoms. The van der Waals surface area contributed by atoms with Crippen LogP contribution < -0.4 is 5.32 Å². The number of rotatable bonds is 4. The van der Waals surface area contributed by atoms with Crippen molar-refractivity contribution in [2.45, 2.75) is 25.4 Å². The Bertz CT molecular complexity index is 541. The van der Waals surface area contributed by atoms with Gasteiger partial charge in [-0.25, -0.2) is 0 Å². The van der Waals surface area contributed by atoms with E-state index in [0.29, 0.717) is 12.1 Å². The zero-order valence-electron chi connectivity index (χ0n) is 12.6. The van der Waals surface area contributed by atoms with Crippen LogP contribution in [-0.4, -0.2) is 35.6 Å². The first kappa shape index (κ1) is 14.2. The molecule has 0 saturated carbocycles. The van der Waals surface area contributed by atoms with Crippen LogP contribution in [0.2, 0.25) is 0 Å². The average molecular weight is 281 g/mol. The van der Waals surface area contributed by atoms with Gasteiger partial charge in [-0.1, -0.05) is 36.4 Å². The molecule has 1 N–H and O–H groups in total. The smallest absolute Gasteiger partial charge is 0.0336 e. The molecule has 1 aliphatic heterocycles. The van der Waals surface area contributed by atoms with Crippen LogP contribution in [0.3, 0.4) is 0 Å². The standard InChI is InChI=1S/C18H23N3/c1-15(17-8-5-9-19-13-17)21-11-10-20-18(14-21)12-16-6-3-2-4-7-16/h2-9,13,15,18,20H,10-12,14H2,1H3. The van der Waals surface area contributed by atoms with Gasteiger partial charge in [0.2, 0.25) is 0 Å². The summed E-state index contributed by atoms with van der Waals surface area (Å²) in [5.41, 5.74) is 2.71. The second-order valence-electron chi connectivity index (χ2n) is 5.80. The highest BCUT2D eigenvalue weighted by Gasteiger charge is 2.24. The highest BCUT2D eigenvalue weighted by molar-refractivity contribution is 5.17. The molecule has 2 unspecified atom stereocenters. The molecule has 1 aromatic heterocycles. The molecular weight excluding hydrogens is 258 g/mol. The first-order chi connectivity index (χ1) is 10.3. The molecule has 1 saturated heterocycles. The maximum absolute atomic E-state index is 4.25. The first-order valence-corrected chi connectivity index (χ1v) is 7.74. The van der Waals surface area contributed by atoms with Gasteiger partial charge in [0.05, 0.1) is 0 Å². The highest BCUT2D eigenvalue weighted by atomic mass is 15.2. The van der Waals surface area contributed by atoms with Crippen molar-refractivity contribution < 1.29 is 0 Å². The molecule has 0 aliphatic carbocycles. The van der Waals surface area contributed by atoms with E-state index in [4.69, 9.17) is 0 Å². The lowest BCUT2D eigenvalue weighted by molar-refractivity contribution is 0.152. The van der Waals surface area contributed by atoms with Gasteiger partial charge < -0.3 is 5.32 Å². The fourth-order valence-corrected chi connectivity index (χ4v) is 3.07. The average Bonchev–Trinajstić information content (AvgIpc) is 2.56. The first-order valence-electron chi connectivity index (χ1n) is 7.74. The van der Waals surface area contributed by atoms with E-state index in [1.165, 1.54) is 11.1 Å². The van der Waals surface area contributed by atoms with Crippen molar-refractivity contribution >= 4 is 0 Å². The van der Waals surface area contributed by atoms with Crippen molar-refractivity contribution in [3.05, 3.63) is 66.0 Å². The van der Waals surface area contributed by atoms with Crippen LogP contribution in [0, 0.1) is 0 Å². The van der Waals surface area contributed by atoms with E-state index in [2.05, 4.69) is 58.5 Å². The largest absolute Gasteiger partial charge is 0.311 e. The molecule has 110 valence electrons. The molecule has 2 heterocycles. The monoisotopic (exact) mass is 281 g/mol. The van der Waals surface area contributed by atoms with Crippen LogP contribution in [0.4, 0.5) is 0 Å². The predicted octanol–water partition coefficient (Wildman–Crippen LogP) is 2.66. The molecule has 1 fully saturated rings. The van der Waals surface area contributed by atoms with Gasteiger partial charge in [-0.05, 0) is 30.5 Å². The summed E-state index contributed by atoms with van der Waals surface area (Å²) in [6.45, 7) is 5.52. The van der Waals surface area contributed by atoms with Crippen LogP contribution in [0.15, 0.2) is 54.9 Å². The zero-order valence-corrected chi connectivity index (χ0v) is 12.6. The third-order valence-electron chi connectivity index (χ3n) is 4.33. The molecule has 0 radical (unpaired) electrons. The van der Waals surface area contributed by atoms with E-state index < -0.39 is 0 Å². The maximum atomic E-state index is 4.25. The third-order valence-corrected chi connectivity index (χ3v) is 4.33. The lowest BCUT2D eigenvalue weighted by Crippen LogP contribution is -2.52. The second kappa shape index (κ2) is 6.83. The van der Waals surface area contributed by atoms with Crippen LogP contribution in [0.1, 0.15) is 24.1 Å². The Morgan fingerprint density at radius 2 is 2.10 bits per heavy atom. The van der Waals surface area contributed by atoms with Gasteiger partial charge in [0, 0.05) is 44.1 Å². The summed E-state index contributed by atoms with van der Waals surface area (Å²) in [5, 5.41) is 3.65. The van der Waals surface area contributed by atoms with Crippen LogP contribution in [-0.2, 0) is 6.42 Å². The summed E-state index contributed by atoms with van der Waals surface area (Å²) in [6.07, 6.45) is 4.92. The van der Waals surface area contributed by atoms with Crippen LogP contribution in [0.25, 0.3) is 0 Å². The van der Waals surface area contributed by atoms with Gasteiger partial charge in [-0.3, -0.25) is 9.88 Å². The molecule has 3 heteroatoms. The molecule has 0 amide bonds. The molecule has 2 aromatic rings. The Hall–Kier alpha value is -1.71. The van der Waals surface area contributed by atoms with Gasteiger partial charge in [0.1, 0.15) is 0 Å². The summed E-state index contributed by atoms with van der Waals surface area (Å²) in [7, 11) is 0. The number of benzene rings is 1. The lowest BCUT2D eigenvalue weighted by atomic mass is 10.0. The second-order valence-corrected chi connectivity index (χ2v) is 5.80. The SMILES string of the molecule is CC(c1cccnc1)N1CCNC(Cc2ccccc2)C1. The minimum atomic E-state index is 0.430. The minimum Gasteiger partial charge on any atom is -0.311 e. The topological polar surface area (TPSA) is 28.2 Å². The van der Waals surface area contributed by atoms with E-state index in [1.54, 1.807) is 0 Å². The highest BCUT2D eigenvalue weighted by Crippen LogP contribution is 2.21. The molecule has 1 aliphatic rings. The van der Waals surface area contributed by atoms with Gasteiger partial charge in [-0.2, -0.15) is 0 Å². The van der Waals surface area contributed by atoms with E-state index in [9.17, 15) is 0 Å². The van der Waals surface area contributed by atoms with Crippen molar-refractivity contribution in [3.8, 4) is 0 Å². The van der Waals surface area contributed by atoms with Crippen molar-refractivity contribution in [2.24, 2.45) is 0 Å². The molecule has 1 aromatic carbocycles. The molecule has 2 atom stereocenters. The summed E-state index contributed by atoms with van der Waals surface area (Å²) in [5.74, 6) is 0. The van der Waals surface area contributed by atoms with Gasteiger partial charge in [-0.15, -0.1) is 0 Å².